The molecule has 0 aliphatic carbocycles. The zero-order valence-corrected chi connectivity index (χ0v) is 14.9. The molecule has 0 atom stereocenters. The summed E-state index contributed by atoms with van der Waals surface area (Å²) in [5, 5.41) is 0. The number of unbranched alkanes of at least 4 members (excludes halogenated alkanes) is 3. The minimum Gasteiger partial charge on any atom is -0.456 e. The molecule has 0 N–H and O–H groups in total. The Labute approximate surface area is 152 Å². The normalized spacial score (nSPS) is 8.85. The molecule has 0 spiro atoms. The molecule has 0 unspecified atom stereocenters. The van der Waals surface area contributed by atoms with Gasteiger partial charge in [0, 0.05) is 23.7 Å². The third-order valence-corrected chi connectivity index (χ3v) is 2.59. The molecule has 0 radical (unpaired) electrons. The molecule has 0 saturated carbocycles. The van der Waals surface area contributed by atoms with Crippen LogP contribution in [-0.2, 0) is 38.1 Å². The van der Waals surface area contributed by atoms with Crippen LogP contribution >= 0.6 is 0 Å². The van der Waals surface area contributed by atoms with Gasteiger partial charge in [0.2, 0.25) is 0 Å². The number of rotatable bonds is 9. The summed E-state index contributed by atoms with van der Waals surface area (Å²) in [5.74, 6) is 4.97. The van der Waals surface area contributed by atoms with Gasteiger partial charge in [-0.1, -0.05) is 0 Å². The van der Waals surface area contributed by atoms with Crippen molar-refractivity contribution in [3.05, 3.63) is 0 Å². The summed E-state index contributed by atoms with van der Waals surface area (Å²) in [6.45, 7) is 4.01. The first kappa shape index (κ1) is 23.0. The van der Waals surface area contributed by atoms with Crippen LogP contribution in [0.5, 0.6) is 0 Å². The number of ether oxygens (including phenoxy) is 4. The van der Waals surface area contributed by atoms with Crippen LogP contribution in [0.4, 0.5) is 0 Å². The maximum absolute atomic E-state index is 11.2. The predicted octanol–water partition coefficient (Wildman–Crippen LogP) is 0.766. The summed E-state index contributed by atoms with van der Waals surface area (Å²) in [6.07, 6.45) is 2.74. The van der Waals surface area contributed by atoms with E-state index in [0.29, 0.717) is 12.8 Å². The van der Waals surface area contributed by atoms with E-state index in [1.165, 1.54) is 0 Å². The number of esters is 4. The predicted molar refractivity (Wildman–Crippen MR) is 89.2 cm³/mol. The molecule has 0 aliphatic rings. The van der Waals surface area contributed by atoms with Gasteiger partial charge >= 0.3 is 23.9 Å². The van der Waals surface area contributed by atoms with Gasteiger partial charge < -0.3 is 18.9 Å². The standard InChI is InChI=1S/C18H22O8/c1-3-23-15(19)9-11-17(21)25-13-7-5-6-8-14-26-18(22)12-10-16(20)24-4-2/h3-8,13-14H2,1-2H3. The van der Waals surface area contributed by atoms with Crippen molar-refractivity contribution in [2.75, 3.05) is 26.4 Å². The summed E-state index contributed by atoms with van der Waals surface area (Å²) in [7, 11) is 0. The van der Waals surface area contributed by atoms with E-state index in [4.69, 9.17) is 9.47 Å². The van der Waals surface area contributed by atoms with Crippen molar-refractivity contribution in [3.8, 4) is 23.7 Å². The van der Waals surface area contributed by atoms with Crippen LogP contribution in [0.2, 0.25) is 0 Å². The Bertz CT molecular complexity index is 546. The molecular formula is C18H22O8. The second-order valence-electron chi connectivity index (χ2n) is 4.63. The molecule has 0 heterocycles. The van der Waals surface area contributed by atoms with Gasteiger partial charge in [0.05, 0.1) is 26.4 Å². The van der Waals surface area contributed by atoms with Crippen molar-refractivity contribution in [1.29, 1.82) is 0 Å². The van der Waals surface area contributed by atoms with Gasteiger partial charge in [0.1, 0.15) is 0 Å². The Hall–Kier alpha value is -3.00. The van der Waals surface area contributed by atoms with E-state index in [2.05, 4.69) is 9.47 Å². The quantitative estimate of drug-likeness (QED) is 0.194. The minimum absolute atomic E-state index is 0.182. The van der Waals surface area contributed by atoms with Gasteiger partial charge in [-0.3, -0.25) is 0 Å². The Morgan fingerprint density at radius 2 is 0.846 bits per heavy atom. The second kappa shape index (κ2) is 15.5. The summed E-state index contributed by atoms with van der Waals surface area (Å²) in [6, 6.07) is 0. The van der Waals surface area contributed by atoms with Gasteiger partial charge in [0.15, 0.2) is 0 Å². The van der Waals surface area contributed by atoms with Crippen LogP contribution in [0.25, 0.3) is 0 Å². The molecule has 0 fully saturated rings. The smallest absolute Gasteiger partial charge is 0.384 e. The monoisotopic (exact) mass is 366 g/mol. The molecule has 8 heteroatoms. The second-order valence-corrected chi connectivity index (χ2v) is 4.63. The SMILES string of the molecule is CCOC(=O)C#CC(=O)OCCCCCCOC(=O)C#CC(=O)OCC. The molecule has 0 aromatic rings. The highest BCUT2D eigenvalue weighted by Crippen LogP contribution is 2.00. The van der Waals surface area contributed by atoms with Gasteiger partial charge in [-0.2, -0.15) is 0 Å². The molecule has 0 aromatic heterocycles. The minimum atomic E-state index is -0.785. The van der Waals surface area contributed by atoms with E-state index in [0.717, 1.165) is 12.8 Å². The van der Waals surface area contributed by atoms with Gasteiger partial charge in [0.25, 0.3) is 0 Å². The highest BCUT2D eigenvalue weighted by Gasteiger charge is 2.01. The molecule has 142 valence electrons. The topological polar surface area (TPSA) is 105 Å². The fourth-order valence-corrected chi connectivity index (χ4v) is 1.50. The fraction of sp³-hybridized carbons (Fsp3) is 0.556. The van der Waals surface area contributed by atoms with E-state index < -0.39 is 23.9 Å². The molecule has 0 amide bonds. The van der Waals surface area contributed by atoms with E-state index in [1.54, 1.807) is 13.8 Å². The third kappa shape index (κ3) is 14.6. The zero-order valence-electron chi connectivity index (χ0n) is 14.9. The van der Waals surface area contributed by atoms with Gasteiger partial charge in [-0.05, 0) is 39.5 Å². The fourth-order valence-electron chi connectivity index (χ4n) is 1.50. The van der Waals surface area contributed by atoms with Crippen LogP contribution in [0.1, 0.15) is 39.5 Å². The van der Waals surface area contributed by atoms with E-state index in [1.807, 2.05) is 23.7 Å². The molecular weight excluding hydrogens is 344 g/mol. The van der Waals surface area contributed by atoms with Gasteiger partial charge in [-0.25, -0.2) is 19.2 Å². The lowest BCUT2D eigenvalue weighted by Crippen LogP contribution is -2.06. The van der Waals surface area contributed by atoms with Crippen LogP contribution < -0.4 is 0 Å². The van der Waals surface area contributed by atoms with E-state index in [-0.39, 0.29) is 26.4 Å². The number of hydrogen-bond donors (Lipinski definition) is 0. The molecule has 0 bridgehead atoms. The van der Waals surface area contributed by atoms with Crippen molar-refractivity contribution >= 4 is 23.9 Å². The largest absolute Gasteiger partial charge is 0.456 e. The Morgan fingerprint density at radius 3 is 1.15 bits per heavy atom. The lowest BCUT2D eigenvalue weighted by Gasteiger charge is -2.02. The molecule has 8 nitrogen and oxygen atoms in total. The maximum Gasteiger partial charge on any atom is 0.384 e. The molecule has 0 rings (SSSR count). The van der Waals surface area contributed by atoms with Crippen molar-refractivity contribution in [3.63, 3.8) is 0 Å². The highest BCUT2D eigenvalue weighted by atomic mass is 16.5. The molecule has 0 aromatic carbocycles. The first-order valence-electron chi connectivity index (χ1n) is 8.20. The van der Waals surface area contributed by atoms with Crippen molar-refractivity contribution in [2.45, 2.75) is 39.5 Å². The number of carbonyl (C=O) groups excluding carboxylic acids is 4. The Morgan fingerprint density at radius 1 is 0.538 bits per heavy atom. The summed E-state index contributed by atoms with van der Waals surface area (Å²) >= 11 is 0. The lowest BCUT2D eigenvalue weighted by molar-refractivity contribution is -0.138. The highest BCUT2D eigenvalue weighted by molar-refractivity contribution is 5.98. The summed E-state index contributed by atoms with van der Waals surface area (Å²) in [4.78, 5) is 44.2. The van der Waals surface area contributed by atoms with Crippen molar-refractivity contribution in [2.24, 2.45) is 0 Å². The average molecular weight is 366 g/mol. The van der Waals surface area contributed by atoms with Gasteiger partial charge in [-0.15, -0.1) is 0 Å². The van der Waals surface area contributed by atoms with Crippen LogP contribution in [-0.4, -0.2) is 50.3 Å². The van der Waals surface area contributed by atoms with Crippen LogP contribution in [0, 0.1) is 23.7 Å². The number of carbonyl (C=O) groups is 4. The van der Waals surface area contributed by atoms with Crippen molar-refractivity contribution < 1.29 is 38.1 Å². The maximum atomic E-state index is 11.2. The molecule has 0 aliphatic heterocycles. The molecule has 26 heavy (non-hydrogen) atoms. The zero-order chi connectivity index (χ0) is 19.6. The first-order valence-corrected chi connectivity index (χ1v) is 8.20. The van der Waals surface area contributed by atoms with Crippen molar-refractivity contribution in [1.82, 2.24) is 0 Å². The van der Waals surface area contributed by atoms with E-state index >= 15 is 0 Å². The lowest BCUT2D eigenvalue weighted by atomic mass is 10.2. The Balaban J connectivity index is 3.64. The average Bonchev–Trinajstić information content (AvgIpc) is 2.61. The first-order chi connectivity index (χ1) is 12.5. The number of hydrogen-bond acceptors (Lipinski definition) is 8. The third-order valence-electron chi connectivity index (χ3n) is 2.59. The van der Waals surface area contributed by atoms with E-state index in [9.17, 15) is 19.2 Å². The summed E-state index contributed by atoms with van der Waals surface area (Å²) in [5.41, 5.74) is 0. The van der Waals surface area contributed by atoms with Crippen LogP contribution in [0.3, 0.4) is 0 Å². The summed E-state index contributed by atoms with van der Waals surface area (Å²) < 4.78 is 18.7. The van der Waals surface area contributed by atoms with Crippen LogP contribution in [0.15, 0.2) is 0 Å². The Kier molecular flexibility index (Phi) is 13.7. The molecule has 0 saturated heterocycles.